The molecule has 5 heteroatoms. The predicted octanol–water partition coefficient (Wildman–Crippen LogP) is 4.71. The second-order valence-electron chi connectivity index (χ2n) is 7.32. The maximum absolute atomic E-state index is 13.5. The van der Waals surface area contributed by atoms with Crippen molar-refractivity contribution in [3.63, 3.8) is 0 Å². The van der Waals surface area contributed by atoms with E-state index in [1.165, 1.54) is 12.1 Å². The van der Waals surface area contributed by atoms with Gasteiger partial charge in [-0.1, -0.05) is 6.07 Å². The molecule has 0 bridgehead atoms. The average Bonchev–Trinajstić information content (AvgIpc) is 2.73. The van der Waals surface area contributed by atoms with Gasteiger partial charge in [-0.3, -0.25) is 9.78 Å². The first-order chi connectivity index (χ1) is 13.6. The van der Waals surface area contributed by atoms with Crippen LogP contribution in [0.3, 0.4) is 0 Å². The predicted molar refractivity (Wildman–Crippen MR) is 107 cm³/mol. The first-order valence-electron chi connectivity index (χ1n) is 9.55. The van der Waals surface area contributed by atoms with Gasteiger partial charge in [-0.2, -0.15) is 0 Å². The lowest BCUT2D eigenvalue weighted by Gasteiger charge is -2.32. The van der Waals surface area contributed by atoms with Gasteiger partial charge in [0.2, 0.25) is 0 Å². The second kappa shape index (κ2) is 7.58. The molecule has 1 saturated heterocycles. The van der Waals surface area contributed by atoms with E-state index in [0.717, 1.165) is 40.6 Å². The maximum Gasteiger partial charge on any atom is 0.253 e. The summed E-state index contributed by atoms with van der Waals surface area (Å²) in [6, 6.07) is 12.0. The van der Waals surface area contributed by atoms with Crippen LogP contribution in [0.5, 0.6) is 5.75 Å². The molecule has 1 fully saturated rings. The molecule has 1 aliphatic heterocycles. The number of hydrogen-bond donors (Lipinski definition) is 0. The Morgan fingerprint density at radius 1 is 1.25 bits per heavy atom. The van der Waals surface area contributed by atoms with E-state index in [1.807, 2.05) is 30.2 Å². The molecule has 1 atom stereocenters. The first kappa shape index (κ1) is 18.4. The van der Waals surface area contributed by atoms with Gasteiger partial charge in [-0.25, -0.2) is 4.39 Å². The summed E-state index contributed by atoms with van der Waals surface area (Å²) in [5.74, 6) is 0.514. The Hall–Kier alpha value is -2.95. The molecule has 28 heavy (non-hydrogen) atoms. The molecule has 1 aromatic heterocycles. The van der Waals surface area contributed by atoms with Crippen LogP contribution in [-0.4, -0.2) is 36.0 Å². The van der Waals surface area contributed by atoms with Crippen LogP contribution in [0.1, 0.15) is 40.4 Å². The number of aryl methyl sites for hydroxylation is 1. The van der Waals surface area contributed by atoms with E-state index in [0.29, 0.717) is 18.7 Å². The highest BCUT2D eigenvalue weighted by molar-refractivity contribution is 5.94. The van der Waals surface area contributed by atoms with Gasteiger partial charge < -0.3 is 9.64 Å². The lowest BCUT2D eigenvalue weighted by molar-refractivity contribution is 0.0705. The molecule has 0 spiro atoms. The van der Waals surface area contributed by atoms with Crippen LogP contribution < -0.4 is 4.74 Å². The Morgan fingerprint density at radius 2 is 2.11 bits per heavy atom. The monoisotopic (exact) mass is 378 g/mol. The molecule has 2 aromatic carbocycles. The summed E-state index contributed by atoms with van der Waals surface area (Å²) in [5, 5.41) is 2.20. The molecule has 0 unspecified atom stereocenters. The van der Waals surface area contributed by atoms with Crippen molar-refractivity contribution in [3.8, 4) is 5.75 Å². The number of fused-ring (bicyclic) bond motifs is 1. The lowest BCUT2D eigenvalue weighted by Crippen LogP contribution is -2.39. The van der Waals surface area contributed by atoms with Gasteiger partial charge in [0.15, 0.2) is 0 Å². The van der Waals surface area contributed by atoms with Crippen LogP contribution in [0.15, 0.2) is 48.7 Å². The summed E-state index contributed by atoms with van der Waals surface area (Å²) in [4.78, 5) is 19.3. The molecular formula is C23H23FN2O2. The molecular weight excluding hydrogens is 355 g/mol. The van der Waals surface area contributed by atoms with Gasteiger partial charge >= 0.3 is 0 Å². The van der Waals surface area contributed by atoms with Gasteiger partial charge in [-0.15, -0.1) is 0 Å². The van der Waals surface area contributed by atoms with Gasteiger partial charge in [0, 0.05) is 41.8 Å². The van der Waals surface area contributed by atoms with E-state index in [1.54, 1.807) is 19.2 Å². The summed E-state index contributed by atoms with van der Waals surface area (Å²) in [5.41, 5.74) is 2.47. The molecule has 1 amide bonds. The topological polar surface area (TPSA) is 42.4 Å². The Morgan fingerprint density at radius 3 is 2.89 bits per heavy atom. The normalized spacial score (nSPS) is 17.0. The number of carbonyl (C=O) groups is 1. The fourth-order valence-corrected chi connectivity index (χ4v) is 4.01. The smallest absolute Gasteiger partial charge is 0.253 e. The fourth-order valence-electron chi connectivity index (χ4n) is 4.01. The van der Waals surface area contributed by atoms with Crippen molar-refractivity contribution >= 4 is 16.7 Å². The third-order valence-electron chi connectivity index (χ3n) is 5.56. The van der Waals surface area contributed by atoms with Crippen molar-refractivity contribution < 1.29 is 13.9 Å². The first-order valence-corrected chi connectivity index (χ1v) is 9.55. The van der Waals surface area contributed by atoms with Crippen molar-refractivity contribution in [3.05, 3.63) is 71.3 Å². The van der Waals surface area contributed by atoms with E-state index >= 15 is 0 Å². The number of benzene rings is 2. The number of likely N-dealkylation sites (tertiary alicyclic amines) is 1. The van der Waals surface area contributed by atoms with E-state index in [2.05, 4.69) is 11.1 Å². The van der Waals surface area contributed by atoms with Crippen molar-refractivity contribution in [2.24, 2.45) is 0 Å². The van der Waals surface area contributed by atoms with Crippen molar-refractivity contribution in [2.45, 2.75) is 25.7 Å². The number of hydrogen-bond acceptors (Lipinski definition) is 3. The van der Waals surface area contributed by atoms with E-state index in [4.69, 9.17) is 4.74 Å². The quantitative estimate of drug-likeness (QED) is 0.663. The molecule has 2 heterocycles. The summed E-state index contributed by atoms with van der Waals surface area (Å²) in [6.45, 7) is 3.33. The number of ether oxygens (including phenoxy) is 1. The number of amides is 1. The highest BCUT2D eigenvalue weighted by Crippen LogP contribution is 2.32. The van der Waals surface area contributed by atoms with Gasteiger partial charge in [0.25, 0.3) is 5.91 Å². The largest absolute Gasteiger partial charge is 0.496 e. The van der Waals surface area contributed by atoms with Gasteiger partial charge in [-0.05, 0) is 67.1 Å². The molecule has 144 valence electrons. The highest BCUT2D eigenvalue weighted by atomic mass is 19.1. The average molecular weight is 378 g/mol. The highest BCUT2D eigenvalue weighted by Gasteiger charge is 2.26. The zero-order valence-corrected chi connectivity index (χ0v) is 16.1. The Kier molecular flexibility index (Phi) is 4.99. The Bertz CT molecular complexity index is 1030. The minimum atomic E-state index is -0.389. The molecule has 3 aromatic rings. The summed E-state index contributed by atoms with van der Waals surface area (Å²) in [7, 11) is 1.67. The van der Waals surface area contributed by atoms with E-state index in [-0.39, 0.29) is 17.6 Å². The van der Waals surface area contributed by atoms with Crippen LogP contribution >= 0.6 is 0 Å². The molecule has 4 nitrogen and oxygen atoms in total. The van der Waals surface area contributed by atoms with Gasteiger partial charge in [0.1, 0.15) is 11.6 Å². The third-order valence-corrected chi connectivity index (χ3v) is 5.56. The van der Waals surface area contributed by atoms with E-state index in [9.17, 15) is 9.18 Å². The molecule has 0 radical (unpaired) electrons. The summed E-state index contributed by atoms with van der Waals surface area (Å²) < 4.78 is 18.9. The number of pyridine rings is 1. The minimum Gasteiger partial charge on any atom is -0.496 e. The van der Waals surface area contributed by atoms with Crippen LogP contribution in [-0.2, 0) is 0 Å². The molecule has 0 saturated carbocycles. The molecule has 0 aliphatic carbocycles. The summed E-state index contributed by atoms with van der Waals surface area (Å²) in [6.07, 6.45) is 3.78. The number of rotatable bonds is 3. The Balaban J connectivity index is 1.61. The number of methoxy groups -OCH3 is 1. The number of piperidine rings is 1. The van der Waals surface area contributed by atoms with Crippen LogP contribution in [0, 0.1) is 12.7 Å². The maximum atomic E-state index is 13.5. The second-order valence-corrected chi connectivity index (χ2v) is 7.32. The lowest BCUT2D eigenvalue weighted by atomic mass is 9.92. The van der Waals surface area contributed by atoms with Crippen molar-refractivity contribution in [1.29, 1.82) is 0 Å². The number of aromatic nitrogens is 1. The van der Waals surface area contributed by atoms with Crippen molar-refractivity contribution in [1.82, 2.24) is 9.88 Å². The standard InChI is InChI=1S/C23H23FN2O2/c1-15-20-12-21(25-13-17(20)8-9-22(15)28-2)18-6-4-10-26(14-18)23(27)16-5-3-7-19(24)11-16/h3,5,7-9,11-13,18H,4,6,10,14H2,1-2H3/t18-/m1/s1. The third kappa shape index (κ3) is 3.44. The van der Waals surface area contributed by atoms with Crippen LogP contribution in [0.4, 0.5) is 4.39 Å². The van der Waals surface area contributed by atoms with Gasteiger partial charge in [0.05, 0.1) is 7.11 Å². The Labute approximate surface area is 164 Å². The van der Waals surface area contributed by atoms with E-state index < -0.39 is 0 Å². The fraction of sp³-hybridized carbons (Fsp3) is 0.304. The summed E-state index contributed by atoms with van der Waals surface area (Å²) >= 11 is 0. The van der Waals surface area contributed by atoms with Crippen molar-refractivity contribution in [2.75, 3.05) is 20.2 Å². The zero-order chi connectivity index (χ0) is 19.7. The number of halogens is 1. The number of nitrogens with zero attached hydrogens (tertiary/aromatic N) is 2. The molecule has 4 rings (SSSR count). The SMILES string of the molecule is COc1ccc2cnc([C@@H]3CCCN(C(=O)c4cccc(F)c4)C3)cc2c1C. The van der Waals surface area contributed by atoms with Crippen LogP contribution in [0.2, 0.25) is 0 Å². The van der Waals surface area contributed by atoms with Crippen LogP contribution in [0.25, 0.3) is 10.8 Å². The zero-order valence-electron chi connectivity index (χ0n) is 16.1. The minimum absolute atomic E-state index is 0.122. The molecule has 1 aliphatic rings. The molecule has 0 N–H and O–H groups in total. The number of carbonyl (C=O) groups excluding carboxylic acids is 1.